The van der Waals surface area contributed by atoms with Crippen molar-refractivity contribution in [2.45, 2.75) is 25.3 Å². The number of piperidine rings is 1. The van der Waals surface area contributed by atoms with Crippen molar-refractivity contribution in [1.82, 2.24) is 15.2 Å². The number of carbonyl (C=O) groups is 2. The van der Waals surface area contributed by atoms with Crippen LogP contribution < -0.4 is 10.2 Å². The van der Waals surface area contributed by atoms with Crippen LogP contribution in [0, 0.1) is 0 Å². The summed E-state index contributed by atoms with van der Waals surface area (Å²) < 4.78 is 0. The number of likely N-dealkylation sites (tertiary alicyclic amines) is 1. The van der Waals surface area contributed by atoms with Crippen molar-refractivity contribution in [2.24, 2.45) is 0 Å². The van der Waals surface area contributed by atoms with Crippen LogP contribution in [-0.4, -0.2) is 48.9 Å². The van der Waals surface area contributed by atoms with Crippen LogP contribution in [0.25, 0.3) is 0 Å². The Labute approximate surface area is 195 Å². The highest BCUT2D eigenvalue weighted by Gasteiger charge is 2.29. The minimum Gasteiger partial charge on any atom is -0.378 e. The van der Waals surface area contributed by atoms with Gasteiger partial charge in [-0.25, -0.2) is 0 Å². The number of amides is 2. The summed E-state index contributed by atoms with van der Waals surface area (Å²) in [5.41, 5.74) is 4.08. The number of anilines is 1. The van der Waals surface area contributed by atoms with E-state index in [-0.39, 0.29) is 17.7 Å². The first-order valence-corrected chi connectivity index (χ1v) is 11.4. The molecule has 4 rings (SSSR count). The Kier molecular flexibility index (Phi) is 7.03. The van der Waals surface area contributed by atoms with Gasteiger partial charge in [0.25, 0.3) is 11.8 Å². The molecular weight excluding hydrogens is 412 g/mol. The molecule has 1 N–H and O–H groups in total. The topological polar surface area (TPSA) is 65.5 Å². The van der Waals surface area contributed by atoms with Crippen LogP contribution in [0.3, 0.4) is 0 Å². The molecule has 0 aliphatic carbocycles. The van der Waals surface area contributed by atoms with E-state index >= 15 is 0 Å². The average Bonchev–Trinajstić information content (AvgIpc) is 2.87. The van der Waals surface area contributed by atoms with Crippen LogP contribution in [0.2, 0.25) is 0 Å². The van der Waals surface area contributed by atoms with Gasteiger partial charge in [-0.2, -0.15) is 0 Å². The molecule has 0 bridgehead atoms. The molecule has 6 nitrogen and oxygen atoms in total. The molecule has 1 aromatic heterocycles. The van der Waals surface area contributed by atoms with E-state index in [0.29, 0.717) is 30.8 Å². The molecule has 1 aliphatic rings. The van der Waals surface area contributed by atoms with Gasteiger partial charge in [0, 0.05) is 57.1 Å². The number of benzene rings is 2. The summed E-state index contributed by atoms with van der Waals surface area (Å²) in [6.45, 7) is 1.73. The summed E-state index contributed by atoms with van der Waals surface area (Å²) >= 11 is 0. The fourth-order valence-corrected chi connectivity index (χ4v) is 4.29. The van der Waals surface area contributed by atoms with Gasteiger partial charge in [-0.1, -0.05) is 36.4 Å². The van der Waals surface area contributed by atoms with Gasteiger partial charge in [-0.15, -0.1) is 0 Å². The lowest BCUT2D eigenvalue weighted by molar-refractivity contribution is 0.0705. The molecule has 0 spiro atoms. The lowest BCUT2D eigenvalue weighted by Crippen LogP contribution is -2.40. The highest BCUT2D eigenvalue weighted by molar-refractivity contribution is 5.96. The van der Waals surface area contributed by atoms with Crippen LogP contribution >= 0.6 is 0 Å². The molecular formula is C27H30N4O2. The van der Waals surface area contributed by atoms with E-state index in [2.05, 4.69) is 10.3 Å². The van der Waals surface area contributed by atoms with Crippen LogP contribution in [-0.2, 0) is 6.54 Å². The largest absolute Gasteiger partial charge is 0.378 e. The molecule has 2 aromatic carbocycles. The van der Waals surface area contributed by atoms with Crippen LogP contribution in [0.1, 0.15) is 50.7 Å². The summed E-state index contributed by atoms with van der Waals surface area (Å²) in [4.78, 5) is 34.7. The molecule has 1 aliphatic heterocycles. The van der Waals surface area contributed by atoms with Gasteiger partial charge in [-0.3, -0.25) is 14.6 Å². The minimum atomic E-state index is -0.135. The van der Waals surface area contributed by atoms with Crippen molar-refractivity contribution in [2.75, 3.05) is 32.1 Å². The number of aromatic nitrogens is 1. The fourth-order valence-electron chi connectivity index (χ4n) is 4.29. The highest BCUT2D eigenvalue weighted by Crippen LogP contribution is 2.29. The zero-order valence-electron chi connectivity index (χ0n) is 19.2. The van der Waals surface area contributed by atoms with Crippen molar-refractivity contribution in [3.05, 3.63) is 95.3 Å². The Bertz CT molecular complexity index is 1110. The van der Waals surface area contributed by atoms with E-state index in [1.54, 1.807) is 12.3 Å². The van der Waals surface area contributed by atoms with E-state index in [0.717, 1.165) is 29.8 Å². The molecule has 33 heavy (non-hydrogen) atoms. The first kappa shape index (κ1) is 22.5. The molecule has 2 amide bonds. The van der Waals surface area contributed by atoms with Gasteiger partial charge in [0.2, 0.25) is 0 Å². The van der Waals surface area contributed by atoms with Crippen molar-refractivity contribution in [3.63, 3.8) is 0 Å². The average molecular weight is 443 g/mol. The third-order valence-corrected chi connectivity index (χ3v) is 6.08. The van der Waals surface area contributed by atoms with Crippen molar-refractivity contribution in [3.8, 4) is 0 Å². The number of hydrogen-bond acceptors (Lipinski definition) is 4. The molecule has 1 fully saturated rings. The van der Waals surface area contributed by atoms with E-state index in [9.17, 15) is 9.59 Å². The van der Waals surface area contributed by atoms with E-state index in [4.69, 9.17) is 0 Å². The summed E-state index contributed by atoms with van der Waals surface area (Å²) in [6, 6.07) is 21.2. The molecule has 0 saturated carbocycles. The normalized spacial score (nSPS) is 15.7. The molecule has 2 heterocycles. The van der Waals surface area contributed by atoms with Crippen molar-refractivity contribution in [1.29, 1.82) is 0 Å². The van der Waals surface area contributed by atoms with Crippen LogP contribution in [0.5, 0.6) is 0 Å². The Balaban J connectivity index is 1.49. The summed E-state index contributed by atoms with van der Waals surface area (Å²) in [5.74, 6) is -0.0862. The van der Waals surface area contributed by atoms with Gasteiger partial charge >= 0.3 is 0 Å². The number of pyridine rings is 1. The number of nitrogens with one attached hydrogen (secondary N) is 1. The smallest absolute Gasteiger partial charge is 0.253 e. The lowest BCUT2D eigenvalue weighted by Gasteiger charge is -2.33. The summed E-state index contributed by atoms with van der Waals surface area (Å²) in [6.07, 6.45) is 3.51. The third kappa shape index (κ3) is 5.40. The zero-order chi connectivity index (χ0) is 23.2. The Hall–Kier alpha value is -3.67. The second-order valence-corrected chi connectivity index (χ2v) is 8.64. The molecule has 170 valence electrons. The predicted molar refractivity (Wildman–Crippen MR) is 130 cm³/mol. The molecule has 6 heteroatoms. The molecule has 0 radical (unpaired) electrons. The SMILES string of the molecule is CN(C)c1cccc(C(=O)N2CCCC(c3ncccc3C(=O)NCc3ccccc3)C2)c1. The second kappa shape index (κ2) is 10.3. The van der Waals surface area contributed by atoms with Gasteiger partial charge in [0.1, 0.15) is 0 Å². The minimum absolute atomic E-state index is 0.0226. The Morgan fingerprint density at radius 2 is 1.88 bits per heavy atom. The first-order chi connectivity index (χ1) is 16.0. The van der Waals surface area contributed by atoms with Gasteiger partial charge in [0.15, 0.2) is 0 Å². The summed E-state index contributed by atoms with van der Waals surface area (Å²) in [7, 11) is 3.93. The fraction of sp³-hybridized carbons (Fsp3) is 0.296. The Morgan fingerprint density at radius 1 is 1.06 bits per heavy atom. The first-order valence-electron chi connectivity index (χ1n) is 11.4. The van der Waals surface area contributed by atoms with Crippen LogP contribution in [0.15, 0.2) is 72.9 Å². The van der Waals surface area contributed by atoms with E-state index in [1.165, 1.54) is 0 Å². The zero-order valence-corrected chi connectivity index (χ0v) is 19.2. The monoisotopic (exact) mass is 442 g/mol. The van der Waals surface area contributed by atoms with Crippen LogP contribution in [0.4, 0.5) is 5.69 Å². The van der Waals surface area contributed by atoms with Crippen molar-refractivity contribution < 1.29 is 9.59 Å². The van der Waals surface area contributed by atoms with E-state index in [1.807, 2.05) is 84.6 Å². The number of rotatable bonds is 6. The standard InChI is InChI=1S/C27H30N4O2/c1-30(2)23-13-6-11-21(17-23)27(33)31-16-8-12-22(19-31)25-24(14-7-15-28-25)26(32)29-18-20-9-4-3-5-10-20/h3-7,9-11,13-15,17,22H,8,12,16,18-19H2,1-2H3,(H,29,32). The lowest BCUT2D eigenvalue weighted by atomic mass is 9.91. The second-order valence-electron chi connectivity index (χ2n) is 8.64. The summed E-state index contributed by atoms with van der Waals surface area (Å²) in [5, 5.41) is 3.01. The maximum Gasteiger partial charge on any atom is 0.253 e. The molecule has 1 atom stereocenters. The quantitative estimate of drug-likeness (QED) is 0.624. The van der Waals surface area contributed by atoms with Crippen molar-refractivity contribution >= 4 is 17.5 Å². The highest BCUT2D eigenvalue weighted by atomic mass is 16.2. The van der Waals surface area contributed by atoms with Gasteiger partial charge in [-0.05, 0) is 48.7 Å². The molecule has 1 unspecified atom stereocenters. The van der Waals surface area contributed by atoms with Gasteiger partial charge < -0.3 is 15.1 Å². The number of carbonyl (C=O) groups excluding carboxylic acids is 2. The number of nitrogens with zero attached hydrogens (tertiary/aromatic N) is 3. The Morgan fingerprint density at radius 3 is 2.67 bits per heavy atom. The third-order valence-electron chi connectivity index (χ3n) is 6.08. The van der Waals surface area contributed by atoms with Gasteiger partial charge in [0.05, 0.1) is 11.3 Å². The van der Waals surface area contributed by atoms with E-state index < -0.39 is 0 Å². The maximum atomic E-state index is 13.2. The molecule has 3 aromatic rings. The number of hydrogen-bond donors (Lipinski definition) is 1. The maximum absolute atomic E-state index is 13.2. The predicted octanol–water partition coefficient (Wildman–Crippen LogP) is 4.10. The molecule has 1 saturated heterocycles.